The van der Waals surface area contributed by atoms with E-state index in [0.29, 0.717) is 118 Å². The van der Waals surface area contributed by atoms with E-state index >= 15 is 0 Å². The largest absolute Gasteiger partial charge is 0.493 e. The number of fused-ring (bicyclic) bond motifs is 6. The van der Waals surface area contributed by atoms with Gasteiger partial charge in [-0.05, 0) is 204 Å². The first-order valence-corrected chi connectivity index (χ1v) is 49.5. The Bertz CT molecular complexity index is 7840. The summed E-state index contributed by atoms with van der Waals surface area (Å²) < 4.78 is 56.8. The Labute approximate surface area is 829 Å². The van der Waals surface area contributed by atoms with Crippen molar-refractivity contribution in [2.45, 2.75) is 266 Å². The highest BCUT2D eigenvalue weighted by atomic mass is 16.5. The number of hydrogen-bond acceptors (Lipinski definition) is 34. The molecule has 0 aromatic carbocycles. The predicted molar refractivity (Wildman–Crippen MR) is 550 cm³/mol. The maximum Gasteiger partial charge on any atom is 0.151 e. The first-order chi connectivity index (χ1) is 69.1. The van der Waals surface area contributed by atoms with Gasteiger partial charge in [0.1, 0.15) is 138 Å². The van der Waals surface area contributed by atoms with E-state index in [1.54, 1.807) is 55.8 Å². The van der Waals surface area contributed by atoms with Crippen LogP contribution in [-0.4, -0.2) is 149 Å². The van der Waals surface area contributed by atoms with E-state index in [1.807, 2.05) is 89.6 Å². The van der Waals surface area contributed by atoms with Crippen LogP contribution < -0.4 is 34.4 Å². The highest BCUT2D eigenvalue weighted by Crippen LogP contribution is 2.53. The highest BCUT2D eigenvalue weighted by molar-refractivity contribution is 6.06. The number of rotatable bonds is 19. The molecular formula is C104H122N32O8. The quantitative estimate of drug-likeness (QED) is 0.0438. The summed E-state index contributed by atoms with van der Waals surface area (Å²) in [5.41, 5.74) is 54.6. The standard InChI is InChI=1S/C20H23N5O2.C19H19N7O.C17H21N5O.C16H19N5O2.C16H19N5O.C16H21N5O/c1-11(2)25-13-8-9-22-20(21)15(13)17(23-25)18-16(14-5-3-4-10-26-14)19(27-24-18)12-6-7-12;1-10(2)26-13-5-6-23-19(20)15(13)16(24-26)17-14(12-9-21-7-8-22-12)18(27-25-17)11-3-4-11;1-10(2)22-12-5-8-19-16(18)14(12)15(20-22)11-9-13(23-21-11)17(3)6-4-7-17;1-9(2)21-11-4-5-18-15(17)13(11)14(19-21)10-6-12(23-20-10)16(3)7-22-8-16;1-8(2)21-11-6-7-18-16(17)12(11)14(19-21)13-9(3)15(22-20-13)10-4-5-10;1-9(2)21-11-6-7-18-15(17)13(11)14(19-21)10-8-12(22-20-10)16(3,4)5/h5,8-9,11-12H,3-4,6-7,10H2,1-2H3,(H2,21,22);5-11H,3-4H2,1-2H3,(H2,20,23);5,8-10H,4,6-7H2,1-3H3,(H2,18,19);4-6,9H,7-8H2,1-3H3,(H2,17,18);6-8,10H,4-5H2,1-3H3,(H2,17,18);6-9H,1-5H3,(H2,17,18). The maximum absolute atomic E-state index is 6.25. The van der Waals surface area contributed by atoms with Crippen molar-refractivity contribution < 1.29 is 36.6 Å². The maximum atomic E-state index is 6.25. The Balaban J connectivity index is 0.000000106. The third-order valence-corrected chi connectivity index (χ3v) is 27.2. The van der Waals surface area contributed by atoms with Crippen molar-refractivity contribution in [3.8, 4) is 79.6 Å². The summed E-state index contributed by atoms with van der Waals surface area (Å²) >= 11 is 0. The van der Waals surface area contributed by atoms with Crippen LogP contribution in [-0.2, 0) is 25.7 Å². The number of nitrogen functional groups attached to an aromatic ring is 6. The number of nitrogens with two attached hydrogens (primary N) is 6. The second-order valence-electron chi connectivity index (χ2n) is 41.3. The molecular weight excluding hydrogens is 1830 g/mol. The summed E-state index contributed by atoms with van der Waals surface area (Å²) in [5.74, 6) is 10.2. The highest BCUT2D eigenvalue weighted by Gasteiger charge is 2.43. The second kappa shape index (κ2) is 38.0. The fourth-order valence-electron chi connectivity index (χ4n) is 18.8. The number of allylic oxidation sites excluding steroid dienone is 1. The van der Waals surface area contributed by atoms with Gasteiger partial charge < -0.3 is 71.0 Å². The minimum Gasteiger partial charge on any atom is -0.493 e. The van der Waals surface area contributed by atoms with Gasteiger partial charge in [0.05, 0.1) is 114 Å². The van der Waals surface area contributed by atoms with Crippen LogP contribution in [0, 0.1) is 6.92 Å². The Morgan fingerprint density at radius 2 is 0.694 bits per heavy atom. The molecule has 0 amide bonds. The lowest BCUT2D eigenvalue weighted by Crippen LogP contribution is -2.43. The zero-order valence-corrected chi connectivity index (χ0v) is 84.4. The second-order valence-corrected chi connectivity index (χ2v) is 41.3. The van der Waals surface area contributed by atoms with Gasteiger partial charge in [0.15, 0.2) is 5.76 Å². The number of aromatic nitrogens is 26. The van der Waals surface area contributed by atoms with E-state index in [4.69, 9.17) is 96.5 Å². The van der Waals surface area contributed by atoms with E-state index in [0.717, 1.165) is 202 Å². The van der Waals surface area contributed by atoms with Crippen molar-refractivity contribution in [3.05, 3.63) is 162 Å². The Hall–Kier alpha value is -15.6. The SMILES string of the molecule is CC(C)n1nc(-c2cc(C(C)(C)C)on2)c2c(N)nccc21.CC(C)n1nc(-c2cc(C3(C)CCC3)on2)c2c(N)nccc21.CC(C)n1nc(-c2cc(C3(C)COC3)on2)c2c(N)nccc21.CC(C)n1nc(-c2noc(C3CC3)c2-c2cnccn2)c2c(N)nccc21.CC(C)n1nc(-c2noc(C3CC3)c2C2=CCCCO2)c2c(N)nccc21.Cc1c(-c2nn(C(C)C)c3ccnc(N)c23)noc1C1CC1. The third kappa shape index (κ3) is 17.9. The Kier molecular flexibility index (Phi) is 25.3. The molecule has 6 aliphatic rings. The van der Waals surface area contributed by atoms with Crippen LogP contribution in [0.4, 0.5) is 34.9 Å². The van der Waals surface area contributed by atoms with Crippen LogP contribution in [0.5, 0.6) is 0 Å². The van der Waals surface area contributed by atoms with E-state index in [2.05, 4.69) is 200 Å². The molecule has 21 heterocycles. The van der Waals surface area contributed by atoms with Crippen LogP contribution >= 0.6 is 0 Å². The molecule has 0 unspecified atom stereocenters. The zero-order valence-electron chi connectivity index (χ0n) is 84.4. The molecule has 4 aliphatic carbocycles. The molecule has 0 atom stereocenters. The van der Waals surface area contributed by atoms with E-state index in [1.165, 1.54) is 19.3 Å². The fourth-order valence-corrected chi connectivity index (χ4v) is 18.8. The smallest absolute Gasteiger partial charge is 0.151 e. The molecule has 746 valence electrons. The van der Waals surface area contributed by atoms with E-state index in [-0.39, 0.29) is 52.5 Å². The van der Waals surface area contributed by atoms with Crippen LogP contribution in [0.1, 0.15) is 288 Å². The van der Waals surface area contributed by atoms with Crippen LogP contribution in [0.25, 0.3) is 151 Å². The summed E-state index contributed by atoms with van der Waals surface area (Å²) in [7, 11) is 0. The zero-order chi connectivity index (χ0) is 101. The summed E-state index contributed by atoms with van der Waals surface area (Å²) in [6.45, 7) is 39.7. The lowest BCUT2D eigenvalue weighted by Gasteiger charge is -2.35. The van der Waals surface area contributed by atoms with Gasteiger partial charge in [-0.3, -0.25) is 38.1 Å². The number of ether oxygens (including phenoxy) is 2. The van der Waals surface area contributed by atoms with E-state index in [9.17, 15) is 0 Å². The van der Waals surface area contributed by atoms with Crippen LogP contribution in [0.2, 0.25) is 0 Å². The monoisotopic (exact) mass is 1950 g/mol. The van der Waals surface area contributed by atoms with Gasteiger partial charge in [-0.15, -0.1) is 0 Å². The van der Waals surface area contributed by atoms with Gasteiger partial charge >= 0.3 is 0 Å². The van der Waals surface area contributed by atoms with Gasteiger partial charge in [0, 0.05) is 138 Å². The lowest BCUT2D eigenvalue weighted by atomic mass is 9.69. The van der Waals surface area contributed by atoms with Gasteiger partial charge in [-0.2, -0.15) is 30.6 Å². The summed E-state index contributed by atoms with van der Waals surface area (Å²) in [6.07, 6.45) is 29.8. The van der Waals surface area contributed by atoms with Crippen molar-refractivity contribution in [2.75, 3.05) is 54.2 Å². The molecule has 19 aromatic rings. The third-order valence-electron chi connectivity index (χ3n) is 27.2. The molecule has 40 heteroatoms. The fraction of sp³-hybridized carbons (Fsp3) is 0.423. The van der Waals surface area contributed by atoms with Crippen molar-refractivity contribution in [2.24, 2.45) is 0 Å². The molecule has 0 bridgehead atoms. The van der Waals surface area contributed by atoms with Crippen molar-refractivity contribution in [1.82, 2.24) is 129 Å². The molecule has 144 heavy (non-hydrogen) atoms. The number of nitrogens with zero attached hydrogens (tertiary/aromatic N) is 26. The summed E-state index contributed by atoms with van der Waals surface area (Å²) in [4.78, 5) is 34.1. The van der Waals surface area contributed by atoms with Crippen molar-refractivity contribution >= 4 is 106 Å². The minimum atomic E-state index is -0.106. The normalized spacial score (nSPS) is 15.5. The number of anilines is 6. The Morgan fingerprint density at radius 1 is 0.354 bits per heavy atom. The van der Waals surface area contributed by atoms with Gasteiger partial charge in [-0.25, -0.2) is 29.9 Å². The Morgan fingerprint density at radius 3 is 1.03 bits per heavy atom. The summed E-state index contributed by atoms with van der Waals surface area (Å²) in [6, 6.07) is 18.7. The van der Waals surface area contributed by atoms with Crippen molar-refractivity contribution in [1.29, 1.82) is 0 Å². The molecule has 1 saturated heterocycles. The molecule has 4 saturated carbocycles. The first kappa shape index (κ1) is 95.9. The van der Waals surface area contributed by atoms with Gasteiger partial charge in [-0.1, -0.05) is 65.1 Å². The lowest BCUT2D eigenvalue weighted by molar-refractivity contribution is -0.0619. The molecule has 12 N–H and O–H groups in total. The number of hydrogen-bond donors (Lipinski definition) is 6. The summed E-state index contributed by atoms with van der Waals surface area (Å²) in [5, 5.41) is 59.3. The van der Waals surface area contributed by atoms with Gasteiger partial charge in [0.25, 0.3) is 0 Å². The molecule has 5 fully saturated rings. The molecule has 19 aromatic heterocycles. The average Bonchev–Trinajstić information content (AvgIpc) is 1.60. The molecule has 40 nitrogen and oxygen atoms in total. The minimum absolute atomic E-state index is 0.106. The molecule has 0 radical (unpaired) electrons. The van der Waals surface area contributed by atoms with E-state index < -0.39 is 0 Å². The molecule has 25 rings (SSSR count). The van der Waals surface area contributed by atoms with Gasteiger partial charge in [0.2, 0.25) is 0 Å². The molecule has 2 aliphatic heterocycles. The van der Waals surface area contributed by atoms with Crippen LogP contribution in [0.3, 0.4) is 0 Å². The predicted octanol–water partition coefficient (Wildman–Crippen LogP) is 21.1. The average molecular weight is 1950 g/mol. The number of pyridine rings is 6. The molecule has 0 spiro atoms. The first-order valence-electron chi connectivity index (χ1n) is 49.5. The van der Waals surface area contributed by atoms with Crippen molar-refractivity contribution in [3.63, 3.8) is 0 Å². The topological polar surface area (TPSA) is 541 Å². The van der Waals surface area contributed by atoms with Crippen LogP contribution in [0.15, 0.2) is 144 Å².